The summed E-state index contributed by atoms with van der Waals surface area (Å²) >= 11 is 0. The molecule has 11 nitrogen and oxygen atoms in total. The Morgan fingerprint density at radius 1 is 0.971 bits per heavy atom. The Bertz CT molecular complexity index is 1520. The molecule has 0 aliphatic carbocycles. The molecular formula is C23H19N7O4S. The lowest BCUT2D eigenvalue weighted by Crippen LogP contribution is -2.24. The first-order valence-corrected chi connectivity index (χ1v) is 11.6. The number of aliphatic imine (C=N–C) groups is 1. The third-order valence-electron chi connectivity index (χ3n) is 4.83. The van der Waals surface area contributed by atoms with Crippen LogP contribution in [0.5, 0.6) is 0 Å². The van der Waals surface area contributed by atoms with Crippen LogP contribution >= 0.6 is 0 Å². The molecule has 0 saturated heterocycles. The first-order valence-electron chi connectivity index (χ1n) is 10.1. The van der Waals surface area contributed by atoms with Gasteiger partial charge < -0.3 is 11.5 Å². The van der Waals surface area contributed by atoms with Crippen LogP contribution in [0.1, 0.15) is 5.56 Å². The van der Waals surface area contributed by atoms with Gasteiger partial charge in [-0.3, -0.25) is 15.1 Å². The molecule has 0 amide bonds. The Morgan fingerprint density at radius 2 is 1.63 bits per heavy atom. The second kappa shape index (κ2) is 9.57. The average Bonchev–Trinajstić information content (AvgIpc) is 3.27. The summed E-state index contributed by atoms with van der Waals surface area (Å²) in [6.07, 6.45) is 3.36. The summed E-state index contributed by atoms with van der Waals surface area (Å²) in [6, 6.07) is 21.3. The van der Waals surface area contributed by atoms with Crippen molar-refractivity contribution in [3.05, 3.63) is 101 Å². The highest BCUT2D eigenvalue weighted by Crippen LogP contribution is 2.25. The molecule has 0 aliphatic rings. The van der Waals surface area contributed by atoms with Crippen LogP contribution in [0.4, 0.5) is 11.4 Å². The number of sulfonamides is 1. The SMILES string of the molecule is NC(N)=NS(=O)(=O)c1ccc(N=Cc2cn(-c3ccc([N+](=O)[O-])cc3)nc2-c2ccccc2)cc1. The lowest BCUT2D eigenvalue weighted by molar-refractivity contribution is -0.384. The normalized spacial score (nSPS) is 11.4. The Labute approximate surface area is 200 Å². The number of nitrogens with two attached hydrogens (primary N) is 2. The maximum atomic E-state index is 12.1. The number of benzene rings is 3. The molecule has 4 aromatic rings. The van der Waals surface area contributed by atoms with E-state index >= 15 is 0 Å². The van der Waals surface area contributed by atoms with Crippen molar-refractivity contribution >= 4 is 33.6 Å². The second-order valence-electron chi connectivity index (χ2n) is 7.26. The fourth-order valence-electron chi connectivity index (χ4n) is 3.20. The van der Waals surface area contributed by atoms with E-state index in [1.807, 2.05) is 30.3 Å². The van der Waals surface area contributed by atoms with Crippen molar-refractivity contribution in [2.45, 2.75) is 4.90 Å². The Balaban J connectivity index is 1.68. The number of aromatic nitrogens is 2. The molecule has 0 spiro atoms. The van der Waals surface area contributed by atoms with Crippen molar-refractivity contribution < 1.29 is 13.3 Å². The van der Waals surface area contributed by atoms with Gasteiger partial charge in [-0.05, 0) is 36.4 Å². The van der Waals surface area contributed by atoms with Crippen molar-refractivity contribution in [1.82, 2.24) is 9.78 Å². The molecule has 4 N–H and O–H groups in total. The summed E-state index contributed by atoms with van der Waals surface area (Å²) in [7, 11) is -3.99. The van der Waals surface area contributed by atoms with Crippen molar-refractivity contribution in [1.29, 1.82) is 0 Å². The van der Waals surface area contributed by atoms with Gasteiger partial charge in [-0.25, -0.2) is 4.68 Å². The minimum Gasteiger partial charge on any atom is -0.369 e. The van der Waals surface area contributed by atoms with Crippen molar-refractivity contribution in [2.24, 2.45) is 20.9 Å². The quantitative estimate of drug-likeness (QED) is 0.174. The second-order valence-corrected chi connectivity index (χ2v) is 8.86. The number of hydrogen-bond donors (Lipinski definition) is 2. The molecule has 0 fully saturated rings. The van der Waals surface area contributed by atoms with E-state index < -0.39 is 20.9 Å². The maximum Gasteiger partial charge on any atom is 0.285 e. The van der Waals surface area contributed by atoms with Crippen LogP contribution in [0.15, 0.2) is 99.3 Å². The Morgan fingerprint density at radius 3 is 2.23 bits per heavy atom. The molecule has 4 rings (SSSR count). The molecular weight excluding hydrogens is 470 g/mol. The topological polar surface area (TPSA) is 172 Å². The summed E-state index contributed by atoms with van der Waals surface area (Å²) < 4.78 is 29.1. The first-order chi connectivity index (χ1) is 16.7. The van der Waals surface area contributed by atoms with Crippen LogP contribution < -0.4 is 11.5 Å². The lowest BCUT2D eigenvalue weighted by Gasteiger charge is -2.01. The number of non-ortho nitro benzene ring substituents is 1. The molecule has 12 heteroatoms. The molecule has 0 aliphatic heterocycles. The number of nitro benzene ring substituents is 1. The van der Waals surface area contributed by atoms with Gasteiger partial charge in [-0.1, -0.05) is 30.3 Å². The molecule has 0 bridgehead atoms. The molecule has 1 aromatic heterocycles. The molecule has 0 unspecified atom stereocenters. The molecule has 35 heavy (non-hydrogen) atoms. The third-order valence-corrected chi connectivity index (χ3v) is 6.15. The van der Waals surface area contributed by atoms with Crippen molar-refractivity contribution in [2.75, 3.05) is 0 Å². The van der Waals surface area contributed by atoms with Crippen molar-refractivity contribution in [3.63, 3.8) is 0 Å². The highest BCUT2D eigenvalue weighted by atomic mass is 32.2. The van der Waals surface area contributed by atoms with Crippen LogP contribution in [-0.4, -0.2) is 35.3 Å². The van der Waals surface area contributed by atoms with E-state index in [2.05, 4.69) is 14.5 Å². The lowest BCUT2D eigenvalue weighted by atomic mass is 10.1. The van der Waals surface area contributed by atoms with Crippen molar-refractivity contribution in [3.8, 4) is 16.9 Å². The number of rotatable bonds is 7. The highest BCUT2D eigenvalue weighted by molar-refractivity contribution is 7.90. The van der Waals surface area contributed by atoms with Crippen LogP contribution in [0.3, 0.4) is 0 Å². The van der Waals surface area contributed by atoms with Gasteiger partial charge in [-0.15, -0.1) is 4.40 Å². The molecule has 3 aromatic carbocycles. The summed E-state index contributed by atoms with van der Waals surface area (Å²) in [6.45, 7) is 0. The summed E-state index contributed by atoms with van der Waals surface area (Å²) in [5, 5.41) is 15.6. The van der Waals surface area contributed by atoms with Gasteiger partial charge >= 0.3 is 0 Å². The monoisotopic (exact) mass is 489 g/mol. The van der Waals surface area contributed by atoms with Gasteiger partial charge in [0.05, 0.1) is 21.2 Å². The van der Waals surface area contributed by atoms with Crippen LogP contribution in [-0.2, 0) is 10.0 Å². The zero-order chi connectivity index (χ0) is 25.0. The highest BCUT2D eigenvalue weighted by Gasteiger charge is 2.14. The van der Waals surface area contributed by atoms with Gasteiger partial charge in [0.2, 0.25) is 5.96 Å². The number of guanidine groups is 1. The fourth-order valence-corrected chi connectivity index (χ4v) is 4.06. The predicted molar refractivity (Wildman–Crippen MR) is 132 cm³/mol. The zero-order valence-corrected chi connectivity index (χ0v) is 18.9. The third kappa shape index (κ3) is 5.39. The number of hydrogen-bond acceptors (Lipinski definition) is 6. The van der Waals surface area contributed by atoms with Crippen LogP contribution in [0.25, 0.3) is 16.9 Å². The Kier molecular flexibility index (Phi) is 6.38. The van der Waals surface area contributed by atoms with E-state index in [-0.39, 0.29) is 10.6 Å². The van der Waals surface area contributed by atoms with Crippen LogP contribution in [0, 0.1) is 10.1 Å². The molecule has 176 valence electrons. The standard InChI is InChI=1S/C23H19N7O4S/c24-23(25)28-35(33,34)21-12-6-18(7-13-21)26-14-17-15-29(19-8-10-20(11-9-19)30(31)32)27-22(17)16-4-2-1-3-5-16/h1-15H,(H4,24,25,28). The van der Waals surface area contributed by atoms with Gasteiger partial charge in [-0.2, -0.15) is 13.5 Å². The van der Waals surface area contributed by atoms with E-state index in [4.69, 9.17) is 11.5 Å². The minimum atomic E-state index is -3.99. The zero-order valence-electron chi connectivity index (χ0n) is 18.1. The smallest absolute Gasteiger partial charge is 0.285 e. The van der Waals surface area contributed by atoms with E-state index in [0.29, 0.717) is 22.6 Å². The minimum absolute atomic E-state index is 0.0173. The maximum absolute atomic E-state index is 12.1. The van der Waals surface area contributed by atoms with E-state index in [1.165, 1.54) is 36.4 Å². The number of nitro groups is 1. The summed E-state index contributed by atoms with van der Waals surface area (Å²) in [5.74, 6) is -0.550. The van der Waals surface area contributed by atoms with Gasteiger partial charge in [0.1, 0.15) is 5.69 Å². The van der Waals surface area contributed by atoms with E-state index in [9.17, 15) is 18.5 Å². The summed E-state index contributed by atoms with van der Waals surface area (Å²) in [5.41, 5.74) is 13.7. The first kappa shape index (κ1) is 23.3. The summed E-state index contributed by atoms with van der Waals surface area (Å²) in [4.78, 5) is 14.9. The van der Waals surface area contributed by atoms with Gasteiger partial charge in [0.15, 0.2) is 0 Å². The Hall–Kier alpha value is -4.84. The van der Waals surface area contributed by atoms with E-state index in [1.54, 1.807) is 29.2 Å². The van der Waals surface area contributed by atoms with Gasteiger partial charge in [0.25, 0.3) is 15.7 Å². The predicted octanol–water partition coefficient (Wildman–Crippen LogP) is 3.16. The molecule has 1 heterocycles. The molecule has 0 radical (unpaired) electrons. The van der Waals surface area contributed by atoms with Gasteiger partial charge in [0, 0.05) is 35.7 Å². The van der Waals surface area contributed by atoms with Crippen LogP contribution in [0.2, 0.25) is 0 Å². The van der Waals surface area contributed by atoms with E-state index in [0.717, 1.165) is 5.56 Å². The molecule has 0 saturated carbocycles. The largest absolute Gasteiger partial charge is 0.369 e. The average molecular weight is 490 g/mol. The molecule has 0 atom stereocenters. The fraction of sp³-hybridized carbons (Fsp3) is 0. The number of nitrogens with zero attached hydrogens (tertiary/aromatic N) is 5.